The Morgan fingerprint density at radius 2 is 0.853 bits per heavy atom. The highest BCUT2D eigenvalue weighted by Crippen LogP contribution is 2.26. The van der Waals surface area contributed by atoms with Crippen molar-refractivity contribution in [1.82, 2.24) is 26.6 Å². The topological polar surface area (TPSA) is 155 Å². The summed E-state index contributed by atoms with van der Waals surface area (Å²) in [5, 5.41) is 14.8. The van der Waals surface area contributed by atoms with Crippen LogP contribution >= 0.6 is 35.3 Å². The molecule has 5 aromatic rings. The summed E-state index contributed by atoms with van der Waals surface area (Å²) in [5.41, 5.74) is 0.383. The Morgan fingerprint density at radius 1 is 0.500 bits per heavy atom. The second-order valence-electron chi connectivity index (χ2n) is 17.4. The Bertz CT molecular complexity index is 2350. The van der Waals surface area contributed by atoms with Gasteiger partial charge in [0.05, 0.1) is 12.7 Å². The zero-order chi connectivity index (χ0) is 48.8. The average molecular weight is 976 g/mol. The smallest absolute Gasteiger partial charge is 0.247 e. The fraction of sp³-hybridized carbons (Fsp3) is 0.352. The SMILES string of the molecule is CNC(=O)[C@@H](NC(=O)[C@](C)(CSCc1ccccc1)NC(=O)[C@](C)(CSCc1ccccc1)NC(=O)[C@](C)(CSCc1ccccc1)NC(=O)CCc1ccccc1)[C@@H](C)OCc1ccccc1. The number of amides is 5. The van der Waals surface area contributed by atoms with Crippen LogP contribution in [0.4, 0.5) is 0 Å². The van der Waals surface area contributed by atoms with Gasteiger partial charge in [-0.3, -0.25) is 24.0 Å². The molecule has 0 aliphatic rings. The Kier molecular flexibility index (Phi) is 21.1. The van der Waals surface area contributed by atoms with Gasteiger partial charge in [0.1, 0.15) is 22.7 Å². The van der Waals surface area contributed by atoms with Crippen molar-refractivity contribution in [3.8, 4) is 0 Å². The van der Waals surface area contributed by atoms with E-state index >= 15 is 4.79 Å². The summed E-state index contributed by atoms with van der Waals surface area (Å²) >= 11 is 4.41. The van der Waals surface area contributed by atoms with Crippen molar-refractivity contribution in [2.75, 3.05) is 24.3 Å². The van der Waals surface area contributed by atoms with Crippen LogP contribution in [0.25, 0.3) is 0 Å². The van der Waals surface area contributed by atoms with Crippen LogP contribution in [-0.2, 0) is 59.0 Å². The molecule has 5 atom stereocenters. The number of nitrogens with one attached hydrogen (secondary N) is 5. The summed E-state index contributed by atoms with van der Waals surface area (Å²) in [6.07, 6.45) is -0.114. The van der Waals surface area contributed by atoms with Crippen molar-refractivity contribution in [1.29, 1.82) is 0 Å². The molecule has 14 heteroatoms. The van der Waals surface area contributed by atoms with E-state index in [0.29, 0.717) is 23.7 Å². The lowest BCUT2D eigenvalue weighted by Gasteiger charge is -2.39. The minimum absolute atomic E-state index is 0.117. The molecule has 0 bridgehead atoms. The third-order valence-electron chi connectivity index (χ3n) is 11.3. The fourth-order valence-corrected chi connectivity index (χ4v) is 10.5. The first-order chi connectivity index (χ1) is 32.7. The van der Waals surface area contributed by atoms with E-state index in [0.717, 1.165) is 27.8 Å². The van der Waals surface area contributed by atoms with Gasteiger partial charge in [0, 0.05) is 48.0 Å². The van der Waals surface area contributed by atoms with E-state index < -0.39 is 52.4 Å². The van der Waals surface area contributed by atoms with E-state index in [-0.39, 0.29) is 36.2 Å². The molecule has 360 valence electrons. The highest BCUT2D eigenvalue weighted by atomic mass is 32.2. The molecule has 0 radical (unpaired) electrons. The van der Waals surface area contributed by atoms with Gasteiger partial charge in [-0.15, -0.1) is 0 Å². The van der Waals surface area contributed by atoms with E-state index in [1.54, 1.807) is 27.7 Å². The minimum Gasteiger partial charge on any atom is -0.371 e. The monoisotopic (exact) mass is 975 g/mol. The molecule has 11 nitrogen and oxygen atoms in total. The van der Waals surface area contributed by atoms with E-state index in [1.165, 1.54) is 42.3 Å². The molecule has 5 rings (SSSR count). The van der Waals surface area contributed by atoms with Crippen molar-refractivity contribution in [2.24, 2.45) is 0 Å². The third kappa shape index (κ3) is 16.9. The first-order valence-corrected chi connectivity index (χ1v) is 26.2. The van der Waals surface area contributed by atoms with Crippen LogP contribution in [0.1, 0.15) is 61.9 Å². The predicted molar refractivity (Wildman–Crippen MR) is 279 cm³/mol. The number of carbonyl (C=O) groups excluding carboxylic acids is 5. The summed E-state index contributed by atoms with van der Waals surface area (Å²) in [6, 6.07) is 47.6. The lowest BCUT2D eigenvalue weighted by atomic mass is 9.95. The standard InChI is InChI=1S/C54H65N5O6S3/c1-40(65-33-42-23-13-7-14-24-42)47(48(61)55-5)56-49(62)52(2,37-66-34-43-25-15-8-16-26-43)58-51(64)54(4,39-68-36-45-29-19-10-20-30-45)59-50(63)53(3,38-67-35-44-27-17-9-18-28-44)57-46(60)32-31-41-21-11-6-12-22-41/h6-30,40,47H,31-39H2,1-5H3,(H,55,61)(H,56,62)(H,57,60)(H,58,64)(H,59,63)/t40-,47+,52+,53+,54+/m1/s1. The molecule has 5 aromatic carbocycles. The third-order valence-corrected chi connectivity index (χ3v) is 15.3. The van der Waals surface area contributed by atoms with Crippen molar-refractivity contribution in [2.45, 2.75) is 93.2 Å². The highest BCUT2D eigenvalue weighted by Gasteiger charge is 2.46. The second-order valence-corrected chi connectivity index (χ2v) is 20.4. The van der Waals surface area contributed by atoms with Gasteiger partial charge in [-0.05, 0) is 61.9 Å². The Hall–Kier alpha value is -5.54. The number of aryl methyl sites for hydroxylation is 1. The van der Waals surface area contributed by atoms with Gasteiger partial charge in [0.15, 0.2) is 0 Å². The van der Waals surface area contributed by atoms with Crippen molar-refractivity contribution in [3.05, 3.63) is 179 Å². The summed E-state index contributed by atoms with van der Waals surface area (Å²) < 4.78 is 6.13. The number of ether oxygens (including phenoxy) is 1. The molecule has 68 heavy (non-hydrogen) atoms. The number of thioether (sulfide) groups is 3. The molecule has 0 saturated carbocycles. The lowest BCUT2D eigenvalue weighted by Crippen LogP contribution is -2.70. The Morgan fingerprint density at radius 3 is 1.25 bits per heavy atom. The number of likely N-dealkylation sites (N-methyl/N-ethyl adjacent to an activating group) is 1. The van der Waals surface area contributed by atoms with Gasteiger partial charge in [-0.25, -0.2) is 0 Å². The first-order valence-electron chi connectivity index (χ1n) is 22.8. The number of carbonyl (C=O) groups is 5. The minimum atomic E-state index is -1.60. The van der Waals surface area contributed by atoms with Crippen molar-refractivity contribution >= 4 is 64.8 Å². The Balaban J connectivity index is 1.43. The number of hydrogen-bond acceptors (Lipinski definition) is 9. The molecule has 5 amide bonds. The van der Waals surface area contributed by atoms with Gasteiger partial charge in [-0.2, -0.15) is 35.3 Å². The lowest BCUT2D eigenvalue weighted by molar-refractivity contribution is -0.140. The maximum Gasteiger partial charge on any atom is 0.247 e. The van der Waals surface area contributed by atoms with Crippen LogP contribution < -0.4 is 26.6 Å². The molecule has 0 unspecified atom stereocenters. The van der Waals surface area contributed by atoms with Gasteiger partial charge in [-0.1, -0.05) is 152 Å². The predicted octanol–water partition coefficient (Wildman–Crippen LogP) is 7.88. The first kappa shape index (κ1) is 53.4. The van der Waals surface area contributed by atoms with Gasteiger partial charge in [0.2, 0.25) is 29.5 Å². The molecule has 0 heterocycles. The van der Waals surface area contributed by atoms with Gasteiger partial charge in [0.25, 0.3) is 0 Å². The number of rotatable bonds is 27. The molecule has 0 saturated heterocycles. The van der Waals surface area contributed by atoms with Crippen LogP contribution in [-0.4, -0.2) is 82.6 Å². The summed E-state index contributed by atoms with van der Waals surface area (Å²) in [6.45, 7) is 6.89. The zero-order valence-corrected chi connectivity index (χ0v) is 42.1. The van der Waals surface area contributed by atoms with Gasteiger partial charge >= 0.3 is 0 Å². The van der Waals surface area contributed by atoms with E-state index in [1.807, 2.05) is 152 Å². The van der Waals surface area contributed by atoms with Crippen LogP contribution in [0, 0.1) is 0 Å². The largest absolute Gasteiger partial charge is 0.371 e. The Labute approximate surface area is 414 Å². The molecular weight excluding hydrogens is 911 g/mol. The molecule has 5 N–H and O–H groups in total. The van der Waals surface area contributed by atoms with Crippen molar-refractivity contribution in [3.63, 3.8) is 0 Å². The molecule has 0 spiro atoms. The van der Waals surface area contributed by atoms with Crippen LogP contribution in [0.3, 0.4) is 0 Å². The molecule has 0 aliphatic heterocycles. The summed E-state index contributed by atoms with van der Waals surface area (Å²) in [4.78, 5) is 72.0. The molecule has 0 aliphatic carbocycles. The van der Waals surface area contributed by atoms with E-state index in [9.17, 15) is 19.2 Å². The van der Waals surface area contributed by atoms with E-state index in [2.05, 4.69) is 26.6 Å². The maximum absolute atomic E-state index is 15.1. The molecule has 0 aromatic heterocycles. The second kappa shape index (κ2) is 26.9. The van der Waals surface area contributed by atoms with Crippen LogP contribution in [0.5, 0.6) is 0 Å². The quantitative estimate of drug-likeness (QED) is 0.0354. The maximum atomic E-state index is 15.1. The zero-order valence-electron chi connectivity index (χ0n) is 39.6. The van der Waals surface area contributed by atoms with Gasteiger partial charge < -0.3 is 31.3 Å². The highest BCUT2D eigenvalue weighted by molar-refractivity contribution is 7.99. The van der Waals surface area contributed by atoms with E-state index in [4.69, 9.17) is 4.74 Å². The number of hydrogen-bond donors (Lipinski definition) is 5. The molecule has 0 fully saturated rings. The fourth-order valence-electron chi connectivity index (χ4n) is 7.12. The number of benzene rings is 5. The summed E-state index contributed by atoms with van der Waals surface area (Å²) in [7, 11) is 1.49. The van der Waals surface area contributed by atoms with Crippen molar-refractivity contribution < 1.29 is 28.7 Å². The van der Waals surface area contributed by atoms with Crippen LogP contribution in [0.2, 0.25) is 0 Å². The normalized spacial score (nSPS) is 14.7. The molecular formula is C54H65N5O6S3. The van der Waals surface area contributed by atoms with Crippen LogP contribution in [0.15, 0.2) is 152 Å². The summed E-state index contributed by atoms with van der Waals surface area (Å²) in [5.74, 6) is -0.400. The average Bonchev–Trinajstić information content (AvgIpc) is 3.35.